The number of aromatic nitrogens is 1. The molecule has 2 aromatic rings. The third kappa shape index (κ3) is 4.85. The van der Waals surface area contributed by atoms with E-state index < -0.39 is 28.5 Å². The Morgan fingerprint density at radius 2 is 1.84 bits per heavy atom. The second-order valence-electron chi connectivity index (χ2n) is 5.18. The fourth-order valence-electron chi connectivity index (χ4n) is 1.84. The molecule has 25 heavy (non-hydrogen) atoms. The van der Waals surface area contributed by atoms with E-state index in [2.05, 4.69) is 10.3 Å². The molecule has 2 rings (SSSR count). The predicted octanol–water partition coefficient (Wildman–Crippen LogP) is 1.13. The van der Waals surface area contributed by atoms with E-state index in [1.165, 1.54) is 62.9 Å². The number of nitrogens with one attached hydrogen (secondary N) is 1. The molecule has 1 aromatic heterocycles. The van der Waals surface area contributed by atoms with Gasteiger partial charge in [0, 0.05) is 32.2 Å². The Kier molecular flexibility index (Phi) is 5.84. The smallest absolute Gasteiger partial charge is 0.338 e. The lowest BCUT2D eigenvalue weighted by Crippen LogP contribution is -2.23. The van der Waals surface area contributed by atoms with Crippen LogP contribution in [0, 0.1) is 0 Å². The van der Waals surface area contributed by atoms with Crippen molar-refractivity contribution in [3.63, 3.8) is 0 Å². The van der Waals surface area contributed by atoms with E-state index in [9.17, 15) is 18.0 Å². The number of carbonyl (C=O) groups is 2. The van der Waals surface area contributed by atoms with Crippen molar-refractivity contribution in [3.05, 3.63) is 54.4 Å². The topological polar surface area (TPSA) is 106 Å². The number of hydrogen-bond donors (Lipinski definition) is 1. The molecule has 1 aromatic carbocycles. The number of sulfonamides is 1. The summed E-state index contributed by atoms with van der Waals surface area (Å²) in [6.45, 7) is -0.494. The van der Waals surface area contributed by atoms with Crippen LogP contribution in [0.3, 0.4) is 0 Å². The van der Waals surface area contributed by atoms with E-state index in [-0.39, 0.29) is 16.1 Å². The molecule has 0 radical (unpaired) electrons. The summed E-state index contributed by atoms with van der Waals surface area (Å²) in [7, 11) is -0.775. The third-order valence-corrected chi connectivity index (χ3v) is 4.96. The predicted molar refractivity (Wildman–Crippen MR) is 90.5 cm³/mol. The third-order valence-electron chi connectivity index (χ3n) is 3.15. The molecular formula is C16H17N3O5S. The van der Waals surface area contributed by atoms with Crippen LogP contribution in [0.25, 0.3) is 0 Å². The van der Waals surface area contributed by atoms with Gasteiger partial charge in [0.05, 0.1) is 10.5 Å². The van der Waals surface area contributed by atoms with Crippen molar-refractivity contribution in [3.8, 4) is 0 Å². The summed E-state index contributed by atoms with van der Waals surface area (Å²) in [6.07, 6.45) is 2.88. The Balaban J connectivity index is 1.98. The minimum absolute atomic E-state index is 0.0454. The summed E-state index contributed by atoms with van der Waals surface area (Å²) in [4.78, 5) is 27.5. The zero-order valence-corrected chi connectivity index (χ0v) is 14.5. The highest BCUT2D eigenvalue weighted by atomic mass is 32.2. The van der Waals surface area contributed by atoms with Crippen LogP contribution >= 0.6 is 0 Å². The van der Waals surface area contributed by atoms with Crippen molar-refractivity contribution < 1.29 is 22.7 Å². The number of ether oxygens (including phenoxy) is 1. The molecule has 9 heteroatoms. The van der Waals surface area contributed by atoms with Gasteiger partial charge in [-0.05, 0) is 30.3 Å². The highest BCUT2D eigenvalue weighted by molar-refractivity contribution is 7.89. The molecule has 0 unspecified atom stereocenters. The van der Waals surface area contributed by atoms with Crippen molar-refractivity contribution in [2.75, 3.05) is 26.0 Å². The summed E-state index contributed by atoms with van der Waals surface area (Å²) in [5, 5.41) is 2.49. The number of esters is 1. The molecule has 1 amide bonds. The van der Waals surface area contributed by atoms with Crippen molar-refractivity contribution in [2.45, 2.75) is 4.90 Å². The molecule has 0 spiro atoms. The molecular weight excluding hydrogens is 346 g/mol. The summed E-state index contributed by atoms with van der Waals surface area (Å²) in [5.74, 6) is -1.23. The second-order valence-corrected chi connectivity index (χ2v) is 7.33. The SMILES string of the molecule is CN(C)S(=O)(=O)c1cccc(NC(=O)COC(=O)c2ccncc2)c1. The fraction of sp³-hybridized carbons (Fsp3) is 0.188. The van der Waals surface area contributed by atoms with Gasteiger partial charge >= 0.3 is 5.97 Å². The number of hydrogen-bond acceptors (Lipinski definition) is 6. The largest absolute Gasteiger partial charge is 0.452 e. The summed E-state index contributed by atoms with van der Waals surface area (Å²) in [5.41, 5.74) is 0.565. The van der Waals surface area contributed by atoms with E-state index in [1.807, 2.05) is 0 Å². The van der Waals surface area contributed by atoms with Gasteiger partial charge in [0.1, 0.15) is 0 Å². The van der Waals surface area contributed by atoms with Crippen molar-refractivity contribution >= 4 is 27.6 Å². The van der Waals surface area contributed by atoms with E-state index >= 15 is 0 Å². The standard InChI is InChI=1S/C16H17N3O5S/c1-19(2)25(22,23)14-5-3-4-13(10-14)18-15(20)11-24-16(21)12-6-8-17-9-7-12/h3-10H,11H2,1-2H3,(H,18,20). The number of pyridine rings is 1. The zero-order chi connectivity index (χ0) is 18.4. The first kappa shape index (κ1) is 18.6. The monoisotopic (exact) mass is 363 g/mol. The molecule has 0 saturated heterocycles. The molecule has 8 nitrogen and oxygen atoms in total. The Labute approximate surface area is 145 Å². The van der Waals surface area contributed by atoms with Gasteiger partial charge in [-0.2, -0.15) is 0 Å². The molecule has 0 bridgehead atoms. The van der Waals surface area contributed by atoms with Gasteiger partial charge in [0.25, 0.3) is 5.91 Å². The van der Waals surface area contributed by atoms with Crippen molar-refractivity contribution in [2.24, 2.45) is 0 Å². The molecule has 132 valence electrons. The molecule has 0 aliphatic heterocycles. The molecule has 0 saturated carbocycles. The van der Waals surface area contributed by atoms with Crippen LogP contribution in [0.5, 0.6) is 0 Å². The highest BCUT2D eigenvalue weighted by Gasteiger charge is 2.18. The van der Waals surface area contributed by atoms with Gasteiger partial charge < -0.3 is 10.1 Å². The van der Waals surface area contributed by atoms with Gasteiger partial charge in [-0.25, -0.2) is 17.5 Å². The molecule has 1 heterocycles. The lowest BCUT2D eigenvalue weighted by molar-refractivity contribution is -0.119. The number of carbonyl (C=O) groups excluding carboxylic acids is 2. The number of nitrogens with zero attached hydrogens (tertiary/aromatic N) is 2. The van der Waals surface area contributed by atoms with E-state index in [0.717, 1.165) is 4.31 Å². The number of rotatable bonds is 6. The molecule has 1 N–H and O–H groups in total. The molecule has 0 aliphatic carbocycles. The van der Waals surface area contributed by atoms with Crippen molar-refractivity contribution in [1.82, 2.24) is 9.29 Å². The van der Waals surface area contributed by atoms with Crippen LogP contribution < -0.4 is 5.32 Å². The minimum atomic E-state index is -3.61. The Hall–Kier alpha value is -2.78. The number of anilines is 1. The quantitative estimate of drug-likeness (QED) is 0.771. The Bertz CT molecular complexity index is 866. The maximum Gasteiger partial charge on any atom is 0.338 e. The normalized spacial score (nSPS) is 11.2. The second kappa shape index (κ2) is 7.86. The first-order valence-corrected chi connectivity index (χ1v) is 8.64. The first-order valence-electron chi connectivity index (χ1n) is 7.20. The van der Waals surface area contributed by atoms with Crippen LogP contribution in [0.1, 0.15) is 10.4 Å². The van der Waals surface area contributed by atoms with Gasteiger partial charge in [0.15, 0.2) is 6.61 Å². The summed E-state index contributed by atoms with van der Waals surface area (Å²) < 4.78 is 30.1. The van der Waals surface area contributed by atoms with Crippen molar-refractivity contribution in [1.29, 1.82) is 0 Å². The van der Waals surface area contributed by atoms with E-state index in [0.29, 0.717) is 0 Å². The summed E-state index contributed by atoms with van der Waals surface area (Å²) >= 11 is 0. The fourth-order valence-corrected chi connectivity index (χ4v) is 2.79. The first-order chi connectivity index (χ1) is 11.8. The maximum absolute atomic E-state index is 12.1. The van der Waals surface area contributed by atoms with Gasteiger partial charge in [-0.3, -0.25) is 9.78 Å². The minimum Gasteiger partial charge on any atom is -0.452 e. The van der Waals surface area contributed by atoms with E-state index in [4.69, 9.17) is 4.74 Å². The lowest BCUT2D eigenvalue weighted by atomic mass is 10.3. The zero-order valence-electron chi connectivity index (χ0n) is 13.7. The molecule has 0 fully saturated rings. The molecule has 0 atom stereocenters. The highest BCUT2D eigenvalue weighted by Crippen LogP contribution is 2.17. The van der Waals surface area contributed by atoms with Crippen LogP contribution in [0.2, 0.25) is 0 Å². The number of benzene rings is 1. The van der Waals surface area contributed by atoms with Crippen LogP contribution in [0.4, 0.5) is 5.69 Å². The molecule has 0 aliphatic rings. The Morgan fingerprint density at radius 3 is 2.48 bits per heavy atom. The summed E-state index contributed by atoms with van der Waals surface area (Å²) in [6, 6.07) is 8.74. The maximum atomic E-state index is 12.1. The van der Waals surface area contributed by atoms with Crippen LogP contribution in [-0.4, -0.2) is 50.3 Å². The average molecular weight is 363 g/mol. The van der Waals surface area contributed by atoms with Gasteiger partial charge in [-0.1, -0.05) is 6.07 Å². The average Bonchev–Trinajstić information content (AvgIpc) is 2.60. The van der Waals surface area contributed by atoms with Gasteiger partial charge in [-0.15, -0.1) is 0 Å². The van der Waals surface area contributed by atoms with Crippen LogP contribution in [-0.2, 0) is 19.6 Å². The van der Waals surface area contributed by atoms with Gasteiger partial charge in [0.2, 0.25) is 10.0 Å². The lowest BCUT2D eigenvalue weighted by Gasteiger charge is -2.12. The Morgan fingerprint density at radius 1 is 1.16 bits per heavy atom. The number of amides is 1. The van der Waals surface area contributed by atoms with E-state index in [1.54, 1.807) is 0 Å². The van der Waals surface area contributed by atoms with Crippen LogP contribution in [0.15, 0.2) is 53.7 Å².